The molecule has 6 aliphatic rings. The lowest BCUT2D eigenvalue weighted by atomic mass is 9.37. The molecule has 6 aliphatic carbocycles. The Morgan fingerprint density at radius 3 is 0.950 bits per heavy atom. The van der Waals surface area contributed by atoms with Crippen LogP contribution in [0.1, 0.15) is 0 Å². The molecule has 0 aromatic rings. The molecule has 6 fully saturated rings. The zero-order valence-electron chi connectivity index (χ0n) is 8.84. The van der Waals surface area contributed by atoms with Crippen molar-refractivity contribution in [2.24, 2.45) is 0 Å². The molecule has 6 rings (SSSR count). The molecule has 0 aromatic heterocycles. The SMILES string of the molecule is O=C1[C@@]2(Cl)[C@]3(Cl)C(=O)[C@]4(Cl)[C@]2(Cl)[C@]2(Cl)[C@]1(Cl)[C@]3(Cl)[C@@]42Cl. The van der Waals surface area contributed by atoms with E-state index < -0.39 is 50.6 Å². The number of hydrogen-bond donors (Lipinski definition) is 0. The molecule has 2 nitrogen and oxygen atoms in total. The number of halogens is 8. The molecule has 6 saturated carbocycles. The highest BCUT2D eigenvalue weighted by Crippen LogP contribution is 3.06. The first-order chi connectivity index (χ1) is 8.81. The maximum atomic E-state index is 12.7. The Hall–Kier alpha value is 1.66. The minimum absolute atomic E-state index is 0.784. The summed E-state index contributed by atoms with van der Waals surface area (Å²) in [5.41, 5.74) is 0. The van der Waals surface area contributed by atoms with Crippen LogP contribution in [0.5, 0.6) is 0 Å². The van der Waals surface area contributed by atoms with Crippen LogP contribution in [-0.2, 0) is 9.59 Å². The van der Waals surface area contributed by atoms with Gasteiger partial charge in [-0.2, -0.15) is 0 Å². The van der Waals surface area contributed by atoms with E-state index in [9.17, 15) is 9.59 Å². The van der Waals surface area contributed by atoms with Crippen molar-refractivity contribution in [3.8, 4) is 0 Å². The van der Waals surface area contributed by atoms with Crippen LogP contribution < -0.4 is 0 Å². The number of rotatable bonds is 0. The Morgan fingerprint density at radius 1 is 0.450 bits per heavy atom. The third-order valence-corrected chi connectivity index (χ3v) is 13.3. The fourth-order valence-electron chi connectivity index (χ4n) is 5.40. The third-order valence-electron chi connectivity index (χ3n) is 6.00. The summed E-state index contributed by atoms with van der Waals surface area (Å²) in [6.07, 6.45) is 0. The molecule has 0 amide bonds. The summed E-state index contributed by atoms with van der Waals surface area (Å²) in [7, 11) is 0. The van der Waals surface area contributed by atoms with Gasteiger partial charge in [0.05, 0.1) is 0 Å². The number of Topliss-reactive ketones (excluding diaryl/α,β-unsaturated/α-hetero) is 2. The second-order valence-electron chi connectivity index (χ2n) is 5.93. The topological polar surface area (TPSA) is 34.1 Å². The summed E-state index contributed by atoms with van der Waals surface area (Å²) >= 11 is 51.6. The number of ketones is 2. The van der Waals surface area contributed by atoms with Gasteiger partial charge in [-0.1, -0.05) is 0 Å². The van der Waals surface area contributed by atoms with E-state index in [1.807, 2.05) is 0 Å². The Morgan fingerprint density at radius 2 is 0.700 bits per heavy atom. The number of hydrogen-bond acceptors (Lipinski definition) is 2. The fraction of sp³-hybridized carbons (Fsp3) is 0.800. The van der Waals surface area contributed by atoms with Gasteiger partial charge in [0, 0.05) is 0 Å². The Balaban J connectivity index is 2.11. The number of carbonyl (C=O) groups is 2. The van der Waals surface area contributed by atoms with E-state index in [0.717, 1.165) is 0 Å². The van der Waals surface area contributed by atoms with Gasteiger partial charge in [0.25, 0.3) is 0 Å². The van der Waals surface area contributed by atoms with Crippen molar-refractivity contribution in [3.63, 3.8) is 0 Å². The van der Waals surface area contributed by atoms with Gasteiger partial charge in [-0.05, 0) is 0 Å². The van der Waals surface area contributed by atoms with Crippen molar-refractivity contribution >= 4 is 104 Å². The van der Waals surface area contributed by atoms with Crippen LogP contribution in [0.25, 0.3) is 0 Å². The largest absolute Gasteiger partial charge is 0.295 e. The third kappa shape index (κ3) is 0.512. The normalized spacial score (nSPS) is 81.8. The van der Waals surface area contributed by atoms with Crippen LogP contribution in [0, 0.1) is 0 Å². The standard InChI is InChI=1S/C10Cl8O2/c11-3-1(19)5(13)8(16)4(3,12)2(20)6(14)7(3,15)9(5,17)10(6,8)18/t3-,4-,5-,6+,7+,8+,9-,10+/m1/s1. The number of carbonyl (C=O) groups excluding carboxylic acids is 2. The minimum Gasteiger partial charge on any atom is -0.295 e. The summed E-state index contributed by atoms with van der Waals surface area (Å²) in [5, 5.41) is 0. The maximum Gasteiger partial charge on any atom is 0.182 e. The lowest BCUT2D eigenvalue weighted by Gasteiger charge is -2.84. The first-order valence-corrected chi connectivity index (χ1v) is 8.44. The van der Waals surface area contributed by atoms with Gasteiger partial charge in [-0.25, -0.2) is 0 Å². The van der Waals surface area contributed by atoms with Gasteiger partial charge in [0.2, 0.25) is 0 Å². The van der Waals surface area contributed by atoms with Crippen molar-refractivity contribution in [2.45, 2.75) is 39.0 Å². The van der Waals surface area contributed by atoms with E-state index in [1.165, 1.54) is 0 Å². The van der Waals surface area contributed by atoms with E-state index in [4.69, 9.17) is 92.8 Å². The maximum absolute atomic E-state index is 12.7. The predicted octanol–water partition coefficient (Wildman–Crippen LogP) is 3.01. The average Bonchev–Trinajstić information content (AvgIpc) is 2.66. The zero-order valence-corrected chi connectivity index (χ0v) is 14.9. The Bertz CT molecular complexity index is 668. The minimum atomic E-state index is -2.08. The van der Waals surface area contributed by atoms with Crippen LogP contribution in [0.2, 0.25) is 0 Å². The average molecular weight is 436 g/mol. The van der Waals surface area contributed by atoms with Gasteiger partial charge in [0.15, 0.2) is 31.1 Å². The van der Waals surface area contributed by atoms with Crippen LogP contribution in [-0.4, -0.2) is 50.6 Å². The van der Waals surface area contributed by atoms with E-state index in [1.54, 1.807) is 0 Å². The molecule has 20 heavy (non-hydrogen) atoms. The molecule has 108 valence electrons. The molecule has 8 atom stereocenters. The molecule has 0 radical (unpaired) electrons. The van der Waals surface area contributed by atoms with E-state index >= 15 is 0 Å². The highest BCUT2D eigenvalue weighted by Gasteiger charge is 3.29. The molecule has 10 heteroatoms. The van der Waals surface area contributed by atoms with E-state index in [0.29, 0.717) is 0 Å². The smallest absolute Gasteiger partial charge is 0.182 e. The monoisotopic (exact) mass is 432 g/mol. The molecule has 0 heterocycles. The first-order valence-electron chi connectivity index (χ1n) is 5.42. The van der Waals surface area contributed by atoms with Gasteiger partial charge in [-0.3, -0.25) is 9.59 Å². The number of alkyl halides is 8. The van der Waals surface area contributed by atoms with Crippen molar-refractivity contribution in [3.05, 3.63) is 0 Å². The first kappa shape index (κ1) is 14.0. The summed E-state index contributed by atoms with van der Waals surface area (Å²) in [6, 6.07) is 0. The summed E-state index contributed by atoms with van der Waals surface area (Å²) in [6.45, 7) is 0. The molecular weight excluding hydrogens is 436 g/mol. The van der Waals surface area contributed by atoms with Crippen molar-refractivity contribution in [2.75, 3.05) is 0 Å². The lowest BCUT2D eigenvalue weighted by molar-refractivity contribution is -0.126. The lowest BCUT2D eigenvalue weighted by Crippen LogP contribution is -3.07. The summed E-state index contributed by atoms with van der Waals surface area (Å²) in [4.78, 5) is 10.2. The van der Waals surface area contributed by atoms with Crippen LogP contribution in [0.15, 0.2) is 0 Å². The van der Waals surface area contributed by atoms with Crippen LogP contribution in [0.3, 0.4) is 0 Å². The predicted molar refractivity (Wildman–Crippen MR) is 78.7 cm³/mol. The molecule has 0 aromatic carbocycles. The molecule has 0 spiro atoms. The Labute approximate surface area is 152 Å². The van der Waals surface area contributed by atoms with Crippen LogP contribution >= 0.6 is 92.8 Å². The second-order valence-corrected chi connectivity index (χ2v) is 10.5. The quantitative estimate of drug-likeness (QED) is 0.548. The molecule has 4 bridgehead atoms. The van der Waals surface area contributed by atoms with Crippen molar-refractivity contribution in [1.29, 1.82) is 0 Å². The van der Waals surface area contributed by atoms with Crippen molar-refractivity contribution < 1.29 is 9.59 Å². The molecule has 0 N–H and O–H groups in total. The summed E-state index contributed by atoms with van der Waals surface area (Å²) in [5.74, 6) is -1.57. The zero-order chi connectivity index (χ0) is 15.2. The van der Waals surface area contributed by atoms with E-state index in [-0.39, 0.29) is 0 Å². The van der Waals surface area contributed by atoms with Gasteiger partial charge in [0.1, 0.15) is 19.5 Å². The van der Waals surface area contributed by atoms with Gasteiger partial charge < -0.3 is 0 Å². The Kier molecular flexibility index (Phi) is 1.81. The molecule has 0 unspecified atom stereocenters. The van der Waals surface area contributed by atoms with Gasteiger partial charge >= 0.3 is 0 Å². The molecular formula is C10Cl8O2. The van der Waals surface area contributed by atoms with Crippen molar-refractivity contribution in [1.82, 2.24) is 0 Å². The second kappa shape index (κ2) is 2.58. The van der Waals surface area contributed by atoms with Gasteiger partial charge in [-0.15, -0.1) is 92.8 Å². The highest BCUT2D eigenvalue weighted by molar-refractivity contribution is 6.84. The molecule has 0 saturated heterocycles. The fourth-order valence-corrected chi connectivity index (χ4v) is 12.1. The summed E-state index contributed by atoms with van der Waals surface area (Å²) < 4.78 is 0. The van der Waals surface area contributed by atoms with E-state index in [2.05, 4.69) is 0 Å². The highest BCUT2D eigenvalue weighted by atomic mass is 35.5. The van der Waals surface area contributed by atoms with Crippen LogP contribution in [0.4, 0.5) is 0 Å². The molecule has 0 aliphatic heterocycles.